The van der Waals surface area contributed by atoms with E-state index in [4.69, 9.17) is 0 Å². The number of aromatic nitrogens is 2. The first-order valence-corrected chi connectivity index (χ1v) is 10.4. The van der Waals surface area contributed by atoms with Crippen LogP contribution in [0.1, 0.15) is 50.6 Å². The van der Waals surface area contributed by atoms with Crippen LogP contribution in [0, 0.1) is 23.7 Å². The van der Waals surface area contributed by atoms with Crippen molar-refractivity contribution in [3.63, 3.8) is 0 Å². The fourth-order valence-electron chi connectivity index (χ4n) is 6.26. The minimum atomic E-state index is -0.775. The summed E-state index contributed by atoms with van der Waals surface area (Å²) in [6, 6.07) is 7.20. The van der Waals surface area contributed by atoms with Crippen molar-refractivity contribution in [3.8, 4) is 0 Å². The first-order valence-electron chi connectivity index (χ1n) is 10.4. The van der Waals surface area contributed by atoms with E-state index in [1.165, 1.54) is 6.42 Å². The maximum Gasteiger partial charge on any atom is 0.272 e. The van der Waals surface area contributed by atoms with Crippen LogP contribution in [0.4, 0.5) is 0 Å². The summed E-state index contributed by atoms with van der Waals surface area (Å²) < 4.78 is 0. The molecule has 4 saturated carbocycles. The number of hydrogen-bond acceptors (Lipinski definition) is 4. The summed E-state index contributed by atoms with van der Waals surface area (Å²) in [5.41, 5.74) is -0.469. The van der Waals surface area contributed by atoms with Gasteiger partial charge in [-0.15, -0.1) is 0 Å². The molecule has 1 unspecified atom stereocenters. The van der Waals surface area contributed by atoms with Crippen LogP contribution in [0.5, 0.6) is 0 Å². The Morgan fingerprint density at radius 1 is 1.18 bits per heavy atom. The van der Waals surface area contributed by atoms with Gasteiger partial charge in [0.25, 0.3) is 5.56 Å². The van der Waals surface area contributed by atoms with Crippen molar-refractivity contribution in [3.05, 3.63) is 40.3 Å². The van der Waals surface area contributed by atoms with E-state index < -0.39 is 11.5 Å². The highest BCUT2D eigenvalue weighted by atomic mass is 16.3. The molecule has 2 aromatic rings. The highest BCUT2D eigenvalue weighted by Crippen LogP contribution is 2.58. The van der Waals surface area contributed by atoms with Crippen LogP contribution in [0.3, 0.4) is 0 Å². The zero-order valence-electron chi connectivity index (χ0n) is 16.1. The third-order valence-electron chi connectivity index (χ3n) is 7.63. The molecule has 6 rings (SSSR count). The first-order chi connectivity index (χ1) is 13.5. The van der Waals surface area contributed by atoms with Crippen molar-refractivity contribution >= 4 is 16.7 Å². The predicted molar refractivity (Wildman–Crippen MR) is 106 cm³/mol. The maximum absolute atomic E-state index is 12.9. The monoisotopic (exact) mass is 381 g/mol. The SMILES string of the molecule is CC(C(=O)NCC1(O)C2CC3CC(C2)CC1C3)c1n[nH]c(=O)c2ccccc12. The molecule has 148 valence electrons. The van der Waals surface area contributed by atoms with Crippen molar-refractivity contribution in [1.29, 1.82) is 0 Å². The Morgan fingerprint density at radius 3 is 2.43 bits per heavy atom. The van der Waals surface area contributed by atoms with E-state index in [0.717, 1.165) is 37.5 Å². The van der Waals surface area contributed by atoms with Crippen molar-refractivity contribution in [2.24, 2.45) is 23.7 Å². The summed E-state index contributed by atoms with van der Waals surface area (Å²) in [5, 5.41) is 22.3. The van der Waals surface area contributed by atoms with E-state index in [-0.39, 0.29) is 11.5 Å². The van der Waals surface area contributed by atoms with E-state index in [2.05, 4.69) is 15.5 Å². The summed E-state index contributed by atoms with van der Waals surface area (Å²) in [4.78, 5) is 24.9. The number of H-pyrrole nitrogens is 1. The van der Waals surface area contributed by atoms with E-state index in [1.807, 2.05) is 12.1 Å². The zero-order chi connectivity index (χ0) is 19.5. The Hall–Kier alpha value is -2.21. The molecule has 1 aromatic heterocycles. The van der Waals surface area contributed by atoms with Gasteiger partial charge in [-0.1, -0.05) is 18.2 Å². The van der Waals surface area contributed by atoms with Gasteiger partial charge in [0.15, 0.2) is 0 Å². The van der Waals surface area contributed by atoms with Gasteiger partial charge in [-0.2, -0.15) is 5.10 Å². The van der Waals surface area contributed by atoms with Crippen LogP contribution in [0.25, 0.3) is 10.8 Å². The molecule has 4 aliphatic rings. The molecule has 1 atom stereocenters. The molecule has 4 bridgehead atoms. The molecule has 3 N–H and O–H groups in total. The number of carbonyl (C=O) groups is 1. The minimum Gasteiger partial charge on any atom is -0.387 e. The number of benzene rings is 1. The van der Waals surface area contributed by atoms with Crippen LogP contribution in [0.15, 0.2) is 29.1 Å². The second-order valence-corrected chi connectivity index (χ2v) is 9.22. The number of hydrogen-bond donors (Lipinski definition) is 3. The Bertz CT molecular complexity index is 954. The van der Waals surface area contributed by atoms with Gasteiger partial charge < -0.3 is 10.4 Å². The smallest absolute Gasteiger partial charge is 0.272 e. The van der Waals surface area contributed by atoms with Gasteiger partial charge in [0, 0.05) is 11.9 Å². The van der Waals surface area contributed by atoms with Crippen molar-refractivity contribution in [2.45, 2.75) is 50.5 Å². The number of nitrogens with one attached hydrogen (secondary N) is 2. The molecular formula is C22H27N3O3. The van der Waals surface area contributed by atoms with Crippen LogP contribution >= 0.6 is 0 Å². The summed E-state index contributed by atoms with van der Waals surface area (Å²) in [6.07, 6.45) is 5.72. The maximum atomic E-state index is 12.9. The van der Waals surface area contributed by atoms with E-state index in [9.17, 15) is 14.7 Å². The lowest BCUT2D eigenvalue weighted by molar-refractivity contribution is -0.171. The highest BCUT2D eigenvalue weighted by molar-refractivity contribution is 5.90. The molecular weight excluding hydrogens is 354 g/mol. The van der Waals surface area contributed by atoms with Gasteiger partial charge in [0.05, 0.1) is 22.6 Å². The molecule has 1 aromatic carbocycles. The third-order valence-corrected chi connectivity index (χ3v) is 7.63. The number of fused-ring (bicyclic) bond motifs is 1. The quantitative estimate of drug-likeness (QED) is 0.757. The van der Waals surface area contributed by atoms with Crippen LogP contribution in [-0.4, -0.2) is 33.4 Å². The van der Waals surface area contributed by atoms with Crippen molar-refractivity contribution in [2.75, 3.05) is 6.54 Å². The Labute approximate surface area is 163 Å². The number of aliphatic hydroxyl groups is 1. The molecule has 0 spiro atoms. The predicted octanol–water partition coefficient (Wildman–Crippen LogP) is 2.33. The first kappa shape index (κ1) is 17.9. The summed E-state index contributed by atoms with van der Waals surface area (Å²) >= 11 is 0. The van der Waals surface area contributed by atoms with Crippen LogP contribution in [-0.2, 0) is 4.79 Å². The number of carbonyl (C=O) groups excluding carboxylic acids is 1. The molecule has 0 saturated heterocycles. The molecule has 6 heteroatoms. The summed E-state index contributed by atoms with van der Waals surface area (Å²) in [5.74, 6) is 1.50. The van der Waals surface area contributed by atoms with Crippen LogP contribution < -0.4 is 10.9 Å². The largest absolute Gasteiger partial charge is 0.387 e. The minimum absolute atomic E-state index is 0.160. The molecule has 4 fully saturated rings. The molecule has 4 aliphatic carbocycles. The van der Waals surface area contributed by atoms with Gasteiger partial charge in [-0.3, -0.25) is 9.59 Å². The van der Waals surface area contributed by atoms with Gasteiger partial charge in [-0.25, -0.2) is 5.10 Å². The molecule has 0 aliphatic heterocycles. The van der Waals surface area contributed by atoms with Gasteiger partial charge in [-0.05, 0) is 68.8 Å². The number of amides is 1. The Balaban J connectivity index is 1.34. The lowest BCUT2D eigenvalue weighted by Gasteiger charge is -2.59. The fraction of sp³-hybridized carbons (Fsp3) is 0.591. The van der Waals surface area contributed by atoms with Gasteiger partial charge in [0.1, 0.15) is 0 Å². The second-order valence-electron chi connectivity index (χ2n) is 9.22. The average Bonchev–Trinajstić information content (AvgIpc) is 2.70. The van der Waals surface area contributed by atoms with Gasteiger partial charge >= 0.3 is 0 Å². The van der Waals surface area contributed by atoms with Crippen molar-refractivity contribution in [1.82, 2.24) is 15.5 Å². The number of aromatic amines is 1. The average molecular weight is 381 g/mol. The topological polar surface area (TPSA) is 95.1 Å². The van der Waals surface area contributed by atoms with E-state index >= 15 is 0 Å². The van der Waals surface area contributed by atoms with E-state index in [0.29, 0.717) is 34.8 Å². The normalized spacial score (nSPS) is 34.5. The molecule has 1 amide bonds. The molecule has 6 nitrogen and oxygen atoms in total. The van der Waals surface area contributed by atoms with Gasteiger partial charge in [0.2, 0.25) is 5.91 Å². The summed E-state index contributed by atoms with van der Waals surface area (Å²) in [7, 11) is 0. The fourth-order valence-corrected chi connectivity index (χ4v) is 6.26. The zero-order valence-corrected chi connectivity index (χ0v) is 16.1. The second kappa shape index (κ2) is 6.41. The third kappa shape index (κ3) is 2.69. The lowest BCUT2D eigenvalue weighted by atomic mass is 9.50. The van der Waals surface area contributed by atoms with E-state index in [1.54, 1.807) is 19.1 Å². The number of rotatable bonds is 4. The molecule has 28 heavy (non-hydrogen) atoms. The Morgan fingerprint density at radius 2 is 1.79 bits per heavy atom. The summed E-state index contributed by atoms with van der Waals surface area (Å²) in [6.45, 7) is 2.11. The van der Waals surface area contributed by atoms with Crippen LogP contribution in [0.2, 0.25) is 0 Å². The molecule has 0 radical (unpaired) electrons. The highest BCUT2D eigenvalue weighted by Gasteiger charge is 2.56. The lowest BCUT2D eigenvalue weighted by Crippen LogP contribution is -2.62. The number of nitrogens with zero attached hydrogens (tertiary/aromatic N) is 1. The standard InChI is InChI=1S/C22H27N3O3/c1-12(19-17-4-2-3-5-18(17)21(27)25-24-19)20(26)23-11-22(28)15-7-13-6-14(9-15)10-16(22)8-13/h2-5,12-16,28H,6-11H2,1H3,(H,23,26)(H,25,27). The molecule has 1 heterocycles. The van der Waals surface area contributed by atoms with Crippen molar-refractivity contribution < 1.29 is 9.90 Å². The Kier molecular flexibility index (Phi) is 4.09.